The minimum Gasteiger partial charge on any atom is -0.353 e. The lowest BCUT2D eigenvalue weighted by Crippen LogP contribution is -2.47. The number of rotatable bonds is 4. The first-order valence-corrected chi connectivity index (χ1v) is 9.19. The van der Waals surface area contributed by atoms with Crippen LogP contribution in [-0.4, -0.2) is 67.9 Å². The van der Waals surface area contributed by atoms with Crippen molar-refractivity contribution in [3.63, 3.8) is 0 Å². The van der Waals surface area contributed by atoms with Crippen molar-refractivity contribution in [3.8, 4) is 0 Å². The molecule has 2 fully saturated rings. The van der Waals surface area contributed by atoms with E-state index in [1.165, 1.54) is 10.6 Å². The van der Waals surface area contributed by atoms with Crippen LogP contribution in [0.4, 0.5) is 0 Å². The van der Waals surface area contributed by atoms with Crippen LogP contribution in [0.15, 0.2) is 0 Å². The predicted octanol–water partition coefficient (Wildman–Crippen LogP) is -0.605. The van der Waals surface area contributed by atoms with Gasteiger partial charge < -0.3 is 10.2 Å². The van der Waals surface area contributed by atoms with Gasteiger partial charge in [0.05, 0.1) is 12.2 Å². The Balaban J connectivity index is 1.81. The molecular formula is C13H23N3O4S. The highest BCUT2D eigenvalue weighted by Crippen LogP contribution is 2.19. The van der Waals surface area contributed by atoms with Gasteiger partial charge >= 0.3 is 0 Å². The van der Waals surface area contributed by atoms with Gasteiger partial charge in [-0.1, -0.05) is 0 Å². The first-order valence-electron chi connectivity index (χ1n) is 7.34. The molecule has 2 aliphatic rings. The van der Waals surface area contributed by atoms with E-state index in [1.807, 2.05) is 6.92 Å². The molecule has 1 N–H and O–H groups in total. The maximum Gasteiger partial charge on any atom is 0.225 e. The van der Waals surface area contributed by atoms with Crippen LogP contribution in [0.25, 0.3) is 0 Å². The molecule has 2 amide bonds. The lowest BCUT2D eigenvalue weighted by atomic mass is 10.0. The Labute approximate surface area is 125 Å². The van der Waals surface area contributed by atoms with Gasteiger partial charge in [-0.15, -0.1) is 0 Å². The van der Waals surface area contributed by atoms with Gasteiger partial charge in [-0.2, -0.15) is 0 Å². The molecule has 2 aliphatic heterocycles. The van der Waals surface area contributed by atoms with Gasteiger partial charge in [-0.05, 0) is 19.8 Å². The second-order valence-electron chi connectivity index (χ2n) is 5.78. The van der Waals surface area contributed by atoms with Crippen LogP contribution in [0, 0.1) is 5.92 Å². The molecule has 1 unspecified atom stereocenters. The molecule has 0 spiro atoms. The molecule has 2 heterocycles. The Hall–Kier alpha value is -1.15. The number of hydrogen-bond donors (Lipinski definition) is 1. The largest absolute Gasteiger partial charge is 0.353 e. The standard InChI is InChI=1S/C13H23N3O4S/c1-3-15-9-10(8-12(15)17)13(18)14-11-4-6-16(7-5-11)21(2,19)20/h10-11H,3-9H2,1-2H3,(H,14,18). The third-order valence-electron chi connectivity index (χ3n) is 4.24. The average molecular weight is 317 g/mol. The van der Waals surface area contributed by atoms with E-state index in [-0.39, 0.29) is 30.2 Å². The highest BCUT2D eigenvalue weighted by Gasteiger charge is 2.35. The van der Waals surface area contributed by atoms with Gasteiger partial charge in [-0.3, -0.25) is 9.59 Å². The Bertz CT molecular complexity index is 512. The van der Waals surface area contributed by atoms with Crippen molar-refractivity contribution >= 4 is 21.8 Å². The minimum atomic E-state index is -3.14. The SMILES string of the molecule is CCN1CC(C(=O)NC2CCN(S(C)(=O)=O)CC2)CC1=O. The quantitative estimate of drug-likeness (QED) is 0.750. The molecule has 21 heavy (non-hydrogen) atoms. The second kappa shape index (κ2) is 6.31. The fourth-order valence-electron chi connectivity index (χ4n) is 2.90. The highest BCUT2D eigenvalue weighted by molar-refractivity contribution is 7.88. The molecule has 0 radical (unpaired) electrons. The van der Waals surface area contributed by atoms with Crippen molar-refractivity contribution in [1.82, 2.24) is 14.5 Å². The number of nitrogens with one attached hydrogen (secondary N) is 1. The smallest absolute Gasteiger partial charge is 0.225 e. The molecular weight excluding hydrogens is 294 g/mol. The van der Waals surface area contributed by atoms with E-state index >= 15 is 0 Å². The lowest BCUT2D eigenvalue weighted by Gasteiger charge is -2.31. The van der Waals surface area contributed by atoms with Crippen LogP contribution >= 0.6 is 0 Å². The third kappa shape index (κ3) is 3.94. The minimum absolute atomic E-state index is 0.00118. The molecule has 0 aliphatic carbocycles. The number of sulfonamides is 1. The molecule has 8 heteroatoms. The molecule has 0 saturated carbocycles. The van der Waals surface area contributed by atoms with Crippen LogP contribution in [0.2, 0.25) is 0 Å². The van der Waals surface area contributed by atoms with E-state index in [1.54, 1.807) is 4.90 Å². The van der Waals surface area contributed by atoms with Gasteiger partial charge in [-0.25, -0.2) is 12.7 Å². The van der Waals surface area contributed by atoms with Crippen LogP contribution in [0.3, 0.4) is 0 Å². The maximum absolute atomic E-state index is 12.2. The van der Waals surface area contributed by atoms with Gasteiger partial charge in [0.15, 0.2) is 0 Å². The first kappa shape index (κ1) is 16.2. The number of carbonyl (C=O) groups is 2. The van der Waals surface area contributed by atoms with Crippen LogP contribution in [-0.2, 0) is 19.6 Å². The molecule has 0 aromatic rings. The summed E-state index contributed by atoms with van der Waals surface area (Å²) in [6, 6.07) is 0.00118. The molecule has 0 aromatic heterocycles. The molecule has 0 aromatic carbocycles. The van der Waals surface area contributed by atoms with Crippen molar-refractivity contribution in [2.24, 2.45) is 5.92 Å². The van der Waals surface area contributed by atoms with Gasteiger partial charge in [0, 0.05) is 38.6 Å². The summed E-state index contributed by atoms with van der Waals surface area (Å²) in [5.74, 6) is -0.327. The van der Waals surface area contributed by atoms with E-state index in [2.05, 4.69) is 5.32 Å². The topological polar surface area (TPSA) is 86.8 Å². The van der Waals surface area contributed by atoms with Crippen molar-refractivity contribution in [2.45, 2.75) is 32.2 Å². The van der Waals surface area contributed by atoms with Crippen LogP contribution in [0.5, 0.6) is 0 Å². The zero-order valence-corrected chi connectivity index (χ0v) is 13.4. The van der Waals surface area contributed by atoms with E-state index < -0.39 is 10.0 Å². The number of hydrogen-bond acceptors (Lipinski definition) is 4. The van der Waals surface area contributed by atoms with Crippen LogP contribution < -0.4 is 5.32 Å². The molecule has 7 nitrogen and oxygen atoms in total. The summed E-state index contributed by atoms with van der Waals surface area (Å²) < 4.78 is 24.3. The second-order valence-corrected chi connectivity index (χ2v) is 7.76. The Morgan fingerprint density at radius 1 is 1.33 bits per heavy atom. The van der Waals surface area contributed by atoms with Crippen molar-refractivity contribution < 1.29 is 18.0 Å². The number of amides is 2. The summed E-state index contributed by atoms with van der Waals surface area (Å²) in [5, 5.41) is 2.96. The Morgan fingerprint density at radius 2 is 1.95 bits per heavy atom. The number of nitrogens with zero attached hydrogens (tertiary/aromatic N) is 2. The van der Waals surface area contributed by atoms with Gasteiger partial charge in [0.2, 0.25) is 21.8 Å². The molecule has 120 valence electrons. The summed E-state index contributed by atoms with van der Waals surface area (Å²) in [5.41, 5.74) is 0. The van der Waals surface area contributed by atoms with E-state index in [9.17, 15) is 18.0 Å². The van der Waals surface area contributed by atoms with Crippen LogP contribution in [0.1, 0.15) is 26.2 Å². The van der Waals surface area contributed by atoms with Crippen molar-refractivity contribution in [3.05, 3.63) is 0 Å². The first-order chi connectivity index (χ1) is 9.81. The summed E-state index contributed by atoms with van der Waals surface area (Å²) >= 11 is 0. The normalized spacial score (nSPS) is 25.3. The maximum atomic E-state index is 12.2. The fraction of sp³-hybridized carbons (Fsp3) is 0.846. The zero-order chi connectivity index (χ0) is 15.6. The zero-order valence-electron chi connectivity index (χ0n) is 12.5. The Morgan fingerprint density at radius 3 is 2.43 bits per heavy atom. The predicted molar refractivity (Wildman–Crippen MR) is 77.9 cm³/mol. The average Bonchev–Trinajstić information content (AvgIpc) is 2.79. The Kier molecular flexibility index (Phi) is 4.88. The van der Waals surface area contributed by atoms with Gasteiger partial charge in [0.1, 0.15) is 0 Å². The van der Waals surface area contributed by atoms with E-state index in [4.69, 9.17) is 0 Å². The molecule has 0 bridgehead atoms. The number of likely N-dealkylation sites (tertiary alicyclic amines) is 1. The molecule has 1 atom stereocenters. The fourth-order valence-corrected chi connectivity index (χ4v) is 3.78. The molecule has 2 rings (SSSR count). The summed E-state index contributed by atoms with van der Waals surface area (Å²) in [4.78, 5) is 25.5. The highest BCUT2D eigenvalue weighted by atomic mass is 32.2. The number of piperidine rings is 1. The van der Waals surface area contributed by atoms with Crippen molar-refractivity contribution in [1.29, 1.82) is 0 Å². The van der Waals surface area contributed by atoms with E-state index in [0.717, 1.165) is 0 Å². The summed E-state index contributed by atoms with van der Waals surface area (Å²) in [6.45, 7) is 3.90. The number of carbonyl (C=O) groups excluding carboxylic acids is 2. The summed E-state index contributed by atoms with van der Waals surface area (Å²) in [6.07, 6.45) is 2.73. The van der Waals surface area contributed by atoms with Crippen molar-refractivity contribution in [2.75, 3.05) is 32.4 Å². The summed E-state index contributed by atoms with van der Waals surface area (Å²) in [7, 11) is -3.14. The molecule has 2 saturated heterocycles. The van der Waals surface area contributed by atoms with Gasteiger partial charge in [0.25, 0.3) is 0 Å². The lowest BCUT2D eigenvalue weighted by molar-refractivity contribution is -0.129. The van der Waals surface area contributed by atoms with E-state index in [0.29, 0.717) is 39.0 Å². The third-order valence-corrected chi connectivity index (χ3v) is 5.54. The monoisotopic (exact) mass is 317 g/mol.